The number of fused-ring (bicyclic) bond motifs is 1. The van der Waals surface area contributed by atoms with Crippen LogP contribution in [0.25, 0.3) is 0 Å². The molecule has 0 radical (unpaired) electrons. The van der Waals surface area contributed by atoms with Gasteiger partial charge in [0.25, 0.3) is 5.91 Å². The molecule has 1 aromatic heterocycles. The largest absolute Gasteiger partial charge is 0.332 e. The first-order valence-corrected chi connectivity index (χ1v) is 10.1. The van der Waals surface area contributed by atoms with Crippen molar-refractivity contribution in [2.45, 2.75) is 51.0 Å². The van der Waals surface area contributed by atoms with Crippen LogP contribution in [0.4, 0.5) is 5.69 Å². The zero-order valence-electron chi connectivity index (χ0n) is 16.5. The van der Waals surface area contributed by atoms with Crippen molar-refractivity contribution in [1.82, 2.24) is 9.88 Å². The van der Waals surface area contributed by atoms with Gasteiger partial charge < -0.3 is 10.2 Å². The van der Waals surface area contributed by atoms with Crippen LogP contribution in [0.15, 0.2) is 48.8 Å². The molecule has 1 spiro atoms. The van der Waals surface area contributed by atoms with E-state index in [4.69, 9.17) is 0 Å². The minimum Gasteiger partial charge on any atom is -0.332 e. The molecule has 1 fully saturated rings. The number of amides is 2. The Hall–Kier alpha value is -2.69. The van der Waals surface area contributed by atoms with Crippen molar-refractivity contribution in [3.8, 4) is 0 Å². The number of hydrogen-bond donors (Lipinski definition) is 1. The highest BCUT2D eigenvalue weighted by atomic mass is 16.2. The Morgan fingerprint density at radius 3 is 2.54 bits per heavy atom. The highest BCUT2D eigenvalue weighted by molar-refractivity contribution is 6.05. The Labute approximate surface area is 166 Å². The van der Waals surface area contributed by atoms with Crippen LogP contribution >= 0.6 is 0 Å². The Morgan fingerprint density at radius 2 is 1.86 bits per heavy atom. The number of carbonyl (C=O) groups is 2. The lowest BCUT2D eigenvalue weighted by molar-refractivity contribution is -0.121. The molecule has 0 bridgehead atoms. The van der Waals surface area contributed by atoms with Crippen LogP contribution in [0.5, 0.6) is 0 Å². The van der Waals surface area contributed by atoms with E-state index in [0.717, 1.165) is 36.9 Å². The molecular weight excluding hydrogens is 350 g/mol. The van der Waals surface area contributed by atoms with Gasteiger partial charge in [0.1, 0.15) is 0 Å². The van der Waals surface area contributed by atoms with Gasteiger partial charge in [0.15, 0.2) is 0 Å². The van der Waals surface area contributed by atoms with Gasteiger partial charge in [-0.2, -0.15) is 0 Å². The van der Waals surface area contributed by atoms with Crippen molar-refractivity contribution in [3.63, 3.8) is 0 Å². The van der Waals surface area contributed by atoms with Crippen LogP contribution in [0.1, 0.15) is 61.4 Å². The van der Waals surface area contributed by atoms with Crippen LogP contribution in [0.3, 0.4) is 0 Å². The van der Waals surface area contributed by atoms with E-state index in [2.05, 4.69) is 24.1 Å². The van der Waals surface area contributed by atoms with Gasteiger partial charge in [-0.1, -0.05) is 44.9 Å². The van der Waals surface area contributed by atoms with Gasteiger partial charge in [0.05, 0.1) is 11.5 Å². The highest BCUT2D eigenvalue weighted by Gasteiger charge is 2.55. The molecule has 146 valence electrons. The Morgan fingerprint density at radius 1 is 1.18 bits per heavy atom. The number of anilines is 1. The third-order valence-corrected chi connectivity index (χ3v) is 6.05. The van der Waals surface area contributed by atoms with Gasteiger partial charge in [-0.25, -0.2) is 0 Å². The molecule has 2 aliphatic rings. The molecule has 1 aromatic carbocycles. The molecule has 1 aliphatic heterocycles. The number of nitrogens with zero attached hydrogens (tertiary/aromatic N) is 2. The summed E-state index contributed by atoms with van der Waals surface area (Å²) in [5, 5.41) is 3.08. The first-order valence-electron chi connectivity index (χ1n) is 10.1. The van der Waals surface area contributed by atoms with Crippen LogP contribution in [-0.4, -0.2) is 33.8 Å². The van der Waals surface area contributed by atoms with Gasteiger partial charge in [-0.3, -0.25) is 14.6 Å². The third kappa shape index (κ3) is 3.09. The molecule has 5 heteroatoms. The van der Waals surface area contributed by atoms with Crippen molar-refractivity contribution in [2.75, 3.05) is 11.9 Å². The number of aromatic nitrogens is 1. The molecule has 1 aliphatic carbocycles. The number of pyridine rings is 1. The second kappa shape index (κ2) is 7.38. The van der Waals surface area contributed by atoms with Gasteiger partial charge >= 0.3 is 0 Å². The predicted octanol–water partition coefficient (Wildman–Crippen LogP) is 4.23. The van der Waals surface area contributed by atoms with Crippen LogP contribution in [0.2, 0.25) is 0 Å². The molecule has 0 saturated heterocycles. The maximum Gasteiger partial charge on any atom is 0.254 e. The predicted molar refractivity (Wildman–Crippen MR) is 109 cm³/mol. The summed E-state index contributed by atoms with van der Waals surface area (Å²) in [6.07, 6.45) is 7.17. The fourth-order valence-electron chi connectivity index (χ4n) is 4.95. The normalized spacial score (nSPS) is 20.5. The number of benzene rings is 1. The maximum atomic E-state index is 13.6. The Balaban J connectivity index is 1.81. The monoisotopic (exact) mass is 377 g/mol. The summed E-state index contributed by atoms with van der Waals surface area (Å²) in [6.45, 7) is 4.93. The fourth-order valence-corrected chi connectivity index (χ4v) is 4.95. The lowest BCUT2D eigenvalue weighted by Crippen LogP contribution is -2.60. The van der Waals surface area contributed by atoms with E-state index in [1.54, 1.807) is 24.5 Å². The zero-order chi connectivity index (χ0) is 19.7. The van der Waals surface area contributed by atoms with Gasteiger partial charge in [0.2, 0.25) is 5.91 Å². The summed E-state index contributed by atoms with van der Waals surface area (Å²) in [4.78, 5) is 33.0. The summed E-state index contributed by atoms with van der Waals surface area (Å²) in [6, 6.07) is 11.2. The molecule has 1 N–H and O–H groups in total. The van der Waals surface area contributed by atoms with E-state index in [9.17, 15) is 9.59 Å². The van der Waals surface area contributed by atoms with Crippen molar-refractivity contribution in [2.24, 2.45) is 5.92 Å². The standard InChI is InChI=1S/C23H27N3O2/c1-16(2)15-26-22(28)19-8-4-3-7-18(19)20(23(26)11-5-6-12-23)21(27)25-17-9-13-24-14-10-17/h3-4,7-10,13-14,16,20H,5-6,11-12,15H2,1-2H3,(H,24,25,27). The van der Waals surface area contributed by atoms with Crippen LogP contribution < -0.4 is 5.32 Å². The van der Waals surface area contributed by atoms with Gasteiger partial charge in [0, 0.05) is 30.2 Å². The van der Waals surface area contributed by atoms with Crippen molar-refractivity contribution in [1.29, 1.82) is 0 Å². The maximum absolute atomic E-state index is 13.6. The molecule has 2 heterocycles. The SMILES string of the molecule is CC(C)CN1C(=O)c2ccccc2C(C(=O)Nc2ccncc2)C12CCCC2. The molecule has 1 saturated carbocycles. The smallest absolute Gasteiger partial charge is 0.254 e. The molecule has 5 nitrogen and oxygen atoms in total. The van der Waals surface area contributed by atoms with Gasteiger partial charge in [-0.15, -0.1) is 0 Å². The van der Waals surface area contributed by atoms with E-state index >= 15 is 0 Å². The highest BCUT2D eigenvalue weighted by Crippen LogP contribution is 2.50. The Bertz CT molecular complexity index is 872. The van der Waals surface area contributed by atoms with Gasteiger partial charge in [-0.05, 0) is 42.5 Å². The Kier molecular flexibility index (Phi) is 4.92. The summed E-state index contributed by atoms with van der Waals surface area (Å²) in [5.74, 6) is 0.00683. The minimum absolute atomic E-state index is 0.0400. The average Bonchev–Trinajstić information content (AvgIpc) is 3.16. The second-order valence-corrected chi connectivity index (χ2v) is 8.37. The van der Waals surface area contributed by atoms with E-state index < -0.39 is 5.54 Å². The van der Waals surface area contributed by atoms with Crippen molar-refractivity contribution < 1.29 is 9.59 Å². The summed E-state index contributed by atoms with van der Waals surface area (Å²) in [5.41, 5.74) is 1.82. The number of rotatable bonds is 4. The number of hydrogen-bond acceptors (Lipinski definition) is 3. The summed E-state index contributed by atoms with van der Waals surface area (Å²) >= 11 is 0. The second-order valence-electron chi connectivity index (χ2n) is 8.37. The third-order valence-electron chi connectivity index (χ3n) is 6.05. The molecule has 1 unspecified atom stereocenters. The summed E-state index contributed by atoms with van der Waals surface area (Å²) in [7, 11) is 0. The van der Waals surface area contributed by atoms with Crippen LogP contribution in [0, 0.1) is 5.92 Å². The first-order chi connectivity index (χ1) is 13.5. The summed E-state index contributed by atoms with van der Waals surface area (Å²) < 4.78 is 0. The quantitative estimate of drug-likeness (QED) is 0.867. The molecule has 1 atom stereocenters. The lowest BCUT2D eigenvalue weighted by atomic mass is 9.70. The lowest BCUT2D eigenvalue weighted by Gasteiger charge is -2.50. The molecule has 4 rings (SSSR count). The first kappa shape index (κ1) is 18.7. The van der Waals surface area contributed by atoms with E-state index in [1.807, 2.05) is 29.2 Å². The number of nitrogens with one attached hydrogen (secondary N) is 1. The van der Waals surface area contributed by atoms with Crippen molar-refractivity contribution in [3.05, 3.63) is 59.9 Å². The molecule has 28 heavy (non-hydrogen) atoms. The zero-order valence-corrected chi connectivity index (χ0v) is 16.5. The minimum atomic E-state index is -0.438. The van der Waals surface area contributed by atoms with E-state index in [-0.39, 0.29) is 17.7 Å². The molecule has 2 amide bonds. The van der Waals surface area contributed by atoms with Crippen molar-refractivity contribution >= 4 is 17.5 Å². The fraction of sp³-hybridized carbons (Fsp3) is 0.435. The molecular formula is C23H27N3O2. The average molecular weight is 377 g/mol. The topological polar surface area (TPSA) is 62.3 Å². The number of carbonyl (C=O) groups excluding carboxylic acids is 2. The van der Waals surface area contributed by atoms with Crippen LogP contribution in [-0.2, 0) is 4.79 Å². The van der Waals surface area contributed by atoms with E-state index in [0.29, 0.717) is 18.0 Å². The molecule has 2 aromatic rings. The van der Waals surface area contributed by atoms with E-state index in [1.165, 1.54) is 0 Å².